The fourth-order valence-electron chi connectivity index (χ4n) is 2.58. The number of ether oxygens (including phenoxy) is 1. The van der Waals surface area contributed by atoms with Crippen molar-refractivity contribution >= 4 is 5.78 Å². The SMILES string of the molecule is CCCC(=O)CC(C)Cc1c(C)cc(OC)cc1C. The summed E-state index contributed by atoms with van der Waals surface area (Å²) in [7, 11) is 1.69. The van der Waals surface area contributed by atoms with Crippen molar-refractivity contribution < 1.29 is 9.53 Å². The Labute approximate surface area is 117 Å². The second kappa shape index (κ2) is 7.32. The molecule has 1 aromatic carbocycles. The summed E-state index contributed by atoms with van der Waals surface area (Å²) < 4.78 is 5.28. The Morgan fingerprint density at radius 1 is 1.26 bits per heavy atom. The van der Waals surface area contributed by atoms with E-state index in [1.165, 1.54) is 16.7 Å². The molecule has 0 bridgehead atoms. The van der Waals surface area contributed by atoms with E-state index >= 15 is 0 Å². The molecular formula is C17H26O2. The third-order valence-electron chi connectivity index (χ3n) is 3.56. The van der Waals surface area contributed by atoms with Gasteiger partial charge in [0.25, 0.3) is 0 Å². The first kappa shape index (κ1) is 15.7. The molecule has 0 heterocycles. The van der Waals surface area contributed by atoms with Gasteiger partial charge in [0.1, 0.15) is 11.5 Å². The summed E-state index contributed by atoms with van der Waals surface area (Å²) in [6.07, 6.45) is 3.33. The van der Waals surface area contributed by atoms with Crippen LogP contribution in [0, 0.1) is 19.8 Å². The Morgan fingerprint density at radius 3 is 2.32 bits per heavy atom. The van der Waals surface area contributed by atoms with Gasteiger partial charge < -0.3 is 4.74 Å². The first-order valence-electron chi connectivity index (χ1n) is 7.13. The summed E-state index contributed by atoms with van der Waals surface area (Å²) in [6, 6.07) is 4.14. The largest absolute Gasteiger partial charge is 0.497 e. The zero-order valence-corrected chi connectivity index (χ0v) is 12.9. The van der Waals surface area contributed by atoms with Crippen molar-refractivity contribution in [2.24, 2.45) is 5.92 Å². The molecule has 0 aliphatic rings. The molecule has 1 atom stereocenters. The van der Waals surface area contributed by atoms with E-state index in [1.807, 2.05) is 0 Å². The molecule has 0 aliphatic carbocycles. The van der Waals surface area contributed by atoms with Gasteiger partial charge in [0.2, 0.25) is 0 Å². The highest BCUT2D eigenvalue weighted by atomic mass is 16.5. The number of methoxy groups -OCH3 is 1. The van der Waals surface area contributed by atoms with Gasteiger partial charge in [0.15, 0.2) is 0 Å². The van der Waals surface area contributed by atoms with Gasteiger partial charge >= 0.3 is 0 Å². The van der Waals surface area contributed by atoms with E-state index in [2.05, 4.69) is 39.8 Å². The van der Waals surface area contributed by atoms with E-state index in [4.69, 9.17) is 4.74 Å². The van der Waals surface area contributed by atoms with Crippen molar-refractivity contribution in [3.8, 4) is 5.75 Å². The maximum Gasteiger partial charge on any atom is 0.133 e. The number of ketones is 1. The third-order valence-corrected chi connectivity index (χ3v) is 3.56. The molecule has 1 rings (SSSR count). The Bertz CT molecular complexity index is 412. The quantitative estimate of drug-likeness (QED) is 0.734. The van der Waals surface area contributed by atoms with Crippen LogP contribution in [0.4, 0.5) is 0 Å². The Balaban J connectivity index is 2.74. The molecule has 1 unspecified atom stereocenters. The third kappa shape index (κ3) is 4.70. The first-order chi connectivity index (χ1) is 8.97. The molecule has 0 N–H and O–H groups in total. The Morgan fingerprint density at radius 2 is 1.84 bits per heavy atom. The molecule has 0 saturated carbocycles. The van der Waals surface area contributed by atoms with Gasteiger partial charge in [0.05, 0.1) is 7.11 Å². The van der Waals surface area contributed by atoms with Crippen molar-refractivity contribution in [2.45, 2.75) is 53.4 Å². The van der Waals surface area contributed by atoms with E-state index < -0.39 is 0 Å². The van der Waals surface area contributed by atoms with Crippen LogP contribution in [0.15, 0.2) is 12.1 Å². The van der Waals surface area contributed by atoms with Gasteiger partial charge in [-0.05, 0) is 61.4 Å². The van der Waals surface area contributed by atoms with E-state index in [-0.39, 0.29) is 0 Å². The van der Waals surface area contributed by atoms with Crippen LogP contribution in [0.2, 0.25) is 0 Å². The number of carbonyl (C=O) groups excluding carboxylic acids is 1. The monoisotopic (exact) mass is 262 g/mol. The van der Waals surface area contributed by atoms with Crippen LogP contribution in [0.25, 0.3) is 0 Å². The second-order valence-electron chi connectivity index (χ2n) is 5.54. The number of aryl methyl sites for hydroxylation is 2. The number of rotatable bonds is 7. The van der Waals surface area contributed by atoms with Gasteiger partial charge in [0, 0.05) is 12.8 Å². The summed E-state index contributed by atoms with van der Waals surface area (Å²) in [6.45, 7) is 8.45. The van der Waals surface area contributed by atoms with Crippen LogP contribution in [0.5, 0.6) is 5.75 Å². The summed E-state index contributed by atoms with van der Waals surface area (Å²) in [5, 5.41) is 0. The van der Waals surface area contributed by atoms with Gasteiger partial charge in [-0.25, -0.2) is 0 Å². The molecule has 2 heteroatoms. The van der Waals surface area contributed by atoms with E-state index in [1.54, 1.807) is 7.11 Å². The molecule has 1 aromatic rings. The average Bonchev–Trinajstić information content (AvgIpc) is 2.33. The van der Waals surface area contributed by atoms with Crippen LogP contribution in [-0.2, 0) is 11.2 Å². The molecule has 19 heavy (non-hydrogen) atoms. The minimum Gasteiger partial charge on any atom is -0.497 e. The van der Waals surface area contributed by atoms with Crippen molar-refractivity contribution in [3.63, 3.8) is 0 Å². The molecule has 2 nitrogen and oxygen atoms in total. The lowest BCUT2D eigenvalue weighted by Gasteiger charge is -2.16. The normalized spacial score (nSPS) is 12.3. The van der Waals surface area contributed by atoms with Crippen molar-refractivity contribution in [3.05, 3.63) is 28.8 Å². The standard InChI is InChI=1S/C17H26O2/c1-6-7-15(18)8-12(2)9-17-13(3)10-16(19-5)11-14(17)4/h10-12H,6-9H2,1-5H3. The first-order valence-corrected chi connectivity index (χ1v) is 7.13. The summed E-state index contributed by atoms with van der Waals surface area (Å²) >= 11 is 0. The minimum atomic E-state index is 0.388. The minimum absolute atomic E-state index is 0.388. The van der Waals surface area contributed by atoms with Crippen molar-refractivity contribution in [2.75, 3.05) is 7.11 Å². The number of Topliss-reactive ketones (excluding diaryl/α,β-unsaturated/α-hetero) is 1. The Hall–Kier alpha value is -1.31. The zero-order chi connectivity index (χ0) is 14.4. The highest BCUT2D eigenvalue weighted by Gasteiger charge is 2.13. The summed E-state index contributed by atoms with van der Waals surface area (Å²) in [4.78, 5) is 11.7. The van der Waals surface area contributed by atoms with Crippen molar-refractivity contribution in [1.29, 1.82) is 0 Å². The topological polar surface area (TPSA) is 26.3 Å². The lowest BCUT2D eigenvalue weighted by atomic mass is 9.90. The predicted octanol–water partition coefficient (Wildman–Crippen LogP) is 4.25. The highest BCUT2D eigenvalue weighted by Crippen LogP contribution is 2.25. The molecule has 106 valence electrons. The van der Waals surface area contributed by atoms with Crippen LogP contribution in [0.3, 0.4) is 0 Å². The van der Waals surface area contributed by atoms with Gasteiger partial charge in [-0.3, -0.25) is 4.79 Å². The maximum absolute atomic E-state index is 11.7. The molecule has 0 spiro atoms. The fraction of sp³-hybridized carbons (Fsp3) is 0.588. The zero-order valence-electron chi connectivity index (χ0n) is 12.9. The van der Waals surface area contributed by atoms with Crippen LogP contribution in [-0.4, -0.2) is 12.9 Å². The Kier molecular flexibility index (Phi) is 6.07. The smallest absolute Gasteiger partial charge is 0.133 e. The van der Waals surface area contributed by atoms with Crippen LogP contribution in [0.1, 0.15) is 49.8 Å². The molecule has 0 amide bonds. The number of hydrogen-bond donors (Lipinski definition) is 0. The predicted molar refractivity (Wildman–Crippen MR) is 79.9 cm³/mol. The highest BCUT2D eigenvalue weighted by molar-refractivity contribution is 5.78. The van der Waals surface area contributed by atoms with Crippen LogP contribution < -0.4 is 4.74 Å². The molecule has 0 radical (unpaired) electrons. The average molecular weight is 262 g/mol. The molecule has 0 aromatic heterocycles. The number of hydrogen-bond acceptors (Lipinski definition) is 2. The molecule has 0 saturated heterocycles. The summed E-state index contributed by atoms with van der Waals surface area (Å²) in [5.74, 6) is 1.71. The lowest BCUT2D eigenvalue weighted by Crippen LogP contribution is -2.09. The number of carbonyl (C=O) groups is 1. The molecule has 0 aliphatic heterocycles. The second-order valence-corrected chi connectivity index (χ2v) is 5.54. The van der Waals surface area contributed by atoms with Gasteiger partial charge in [-0.2, -0.15) is 0 Å². The van der Waals surface area contributed by atoms with E-state index in [0.29, 0.717) is 24.5 Å². The van der Waals surface area contributed by atoms with Crippen molar-refractivity contribution in [1.82, 2.24) is 0 Å². The fourth-order valence-corrected chi connectivity index (χ4v) is 2.58. The summed E-state index contributed by atoms with van der Waals surface area (Å²) in [5.41, 5.74) is 3.87. The van der Waals surface area contributed by atoms with E-state index in [9.17, 15) is 4.79 Å². The van der Waals surface area contributed by atoms with Gasteiger partial charge in [-0.15, -0.1) is 0 Å². The lowest BCUT2D eigenvalue weighted by molar-refractivity contribution is -0.119. The maximum atomic E-state index is 11.7. The van der Waals surface area contributed by atoms with Gasteiger partial charge in [-0.1, -0.05) is 13.8 Å². The molecular weight excluding hydrogens is 236 g/mol. The van der Waals surface area contributed by atoms with Crippen LogP contribution >= 0.6 is 0 Å². The number of benzene rings is 1. The van der Waals surface area contributed by atoms with E-state index in [0.717, 1.165) is 18.6 Å². The molecule has 0 fully saturated rings.